The Morgan fingerprint density at radius 3 is 2.61 bits per heavy atom. The third-order valence-electron chi connectivity index (χ3n) is 3.79. The minimum Gasteiger partial charge on any atom is -0.398 e. The van der Waals surface area contributed by atoms with Crippen LogP contribution in [0, 0.1) is 0 Å². The summed E-state index contributed by atoms with van der Waals surface area (Å²) in [4.78, 5) is 14.2. The van der Waals surface area contributed by atoms with Gasteiger partial charge in [-0.1, -0.05) is 18.2 Å². The van der Waals surface area contributed by atoms with Crippen LogP contribution < -0.4 is 5.73 Å². The molecule has 18 heavy (non-hydrogen) atoms. The molecule has 0 spiro atoms. The summed E-state index contributed by atoms with van der Waals surface area (Å²) in [6.45, 7) is 1.48. The molecule has 0 aromatic heterocycles. The molecule has 2 fully saturated rings. The van der Waals surface area contributed by atoms with E-state index in [2.05, 4.69) is 0 Å². The zero-order valence-corrected chi connectivity index (χ0v) is 10.3. The summed E-state index contributed by atoms with van der Waals surface area (Å²) in [5.74, 6) is 0.160. The number of anilines is 1. The second kappa shape index (κ2) is 4.61. The lowest BCUT2D eigenvalue weighted by molar-refractivity contribution is -0.139. The van der Waals surface area contributed by atoms with Crippen molar-refractivity contribution < 1.29 is 9.53 Å². The van der Waals surface area contributed by atoms with Crippen molar-refractivity contribution in [1.82, 2.24) is 4.90 Å². The number of amides is 1. The lowest BCUT2D eigenvalue weighted by Gasteiger charge is -2.32. The number of fused-ring (bicyclic) bond motifs is 2. The van der Waals surface area contributed by atoms with E-state index >= 15 is 0 Å². The van der Waals surface area contributed by atoms with Crippen molar-refractivity contribution in [2.24, 2.45) is 0 Å². The number of para-hydroxylation sites is 1. The van der Waals surface area contributed by atoms with Crippen LogP contribution in [-0.2, 0) is 16.0 Å². The molecule has 2 heterocycles. The van der Waals surface area contributed by atoms with Crippen LogP contribution in [0.1, 0.15) is 18.4 Å². The predicted molar refractivity (Wildman–Crippen MR) is 69.0 cm³/mol. The minimum atomic E-state index is 0.160. The normalized spacial score (nSPS) is 26.3. The van der Waals surface area contributed by atoms with E-state index in [0.717, 1.165) is 31.5 Å². The van der Waals surface area contributed by atoms with Crippen LogP contribution in [-0.4, -0.2) is 36.1 Å². The van der Waals surface area contributed by atoms with Crippen molar-refractivity contribution in [1.29, 1.82) is 0 Å². The number of morpholine rings is 1. The number of carbonyl (C=O) groups excluding carboxylic acids is 1. The van der Waals surface area contributed by atoms with E-state index in [1.54, 1.807) is 0 Å². The highest BCUT2D eigenvalue weighted by Gasteiger charge is 2.35. The third-order valence-corrected chi connectivity index (χ3v) is 3.79. The summed E-state index contributed by atoms with van der Waals surface area (Å²) < 4.78 is 5.73. The van der Waals surface area contributed by atoms with Crippen LogP contribution in [0.4, 0.5) is 5.69 Å². The molecule has 3 rings (SSSR count). The molecular weight excluding hydrogens is 228 g/mol. The van der Waals surface area contributed by atoms with Crippen molar-refractivity contribution in [2.75, 3.05) is 18.8 Å². The molecule has 1 aromatic carbocycles. The van der Waals surface area contributed by atoms with Gasteiger partial charge in [0.05, 0.1) is 18.6 Å². The summed E-state index contributed by atoms with van der Waals surface area (Å²) in [6.07, 6.45) is 3.07. The van der Waals surface area contributed by atoms with Gasteiger partial charge in [0.15, 0.2) is 0 Å². The summed E-state index contributed by atoms with van der Waals surface area (Å²) in [7, 11) is 0. The zero-order chi connectivity index (χ0) is 12.5. The van der Waals surface area contributed by atoms with Crippen molar-refractivity contribution in [3.8, 4) is 0 Å². The van der Waals surface area contributed by atoms with Crippen LogP contribution in [0.2, 0.25) is 0 Å². The molecule has 2 unspecified atom stereocenters. The summed E-state index contributed by atoms with van der Waals surface area (Å²) in [6, 6.07) is 7.56. The Kier molecular flexibility index (Phi) is 2.96. The average molecular weight is 246 g/mol. The number of hydrogen-bond donors (Lipinski definition) is 1. The monoisotopic (exact) mass is 246 g/mol. The Morgan fingerprint density at radius 2 is 1.94 bits per heavy atom. The van der Waals surface area contributed by atoms with Crippen molar-refractivity contribution in [3.63, 3.8) is 0 Å². The van der Waals surface area contributed by atoms with Crippen LogP contribution in [0.25, 0.3) is 0 Å². The molecule has 2 bridgehead atoms. The first-order chi connectivity index (χ1) is 8.72. The molecule has 2 aliphatic rings. The molecule has 0 aliphatic carbocycles. The van der Waals surface area contributed by atoms with E-state index in [1.807, 2.05) is 29.2 Å². The number of nitrogen functional groups attached to an aromatic ring is 1. The fraction of sp³-hybridized carbons (Fsp3) is 0.500. The molecule has 4 nitrogen and oxygen atoms in total. The maximum Gasteiger partial charge on any atom is 0.227 e. The lowest BCUT2D eigenvalue weighted by Crippen LogP contribution is -2.46. The minimum absolute atomic E-state index is 0.160. The Bertz CT molecular complexity index is 449. The molecule has 4 heteroatoms. The summed E-state index contributed by atoms with van der Waals surface area (Å²) in [5, 5.41) is 0. The number of likely N-dealkylation sites (tertiary alicyclic amines) is 1. The molecule has 0 saturated carbocycles. The predicted octanol–water partition coefficient (Wildman–Crippen LogP) is 1.20. The quantitative estimate of drug-likeness (QED) is 0.798. The molecule has 2 aliphatic heterocycles. The SMILES string of the molecule is Nc1ccccc1CC(=O)N1CC2CCC(C1)O2. The van der Waals surface area contributed by atoms with Gasteiger partial charge in [0.1, 0.15) is 0 Å². The van der Waals surface area contributed by atoms with Gasteiger partial charge in [-0.3, -0.25) is 4.79 Å². The van der Waals surface area contributed by atoms with Gasteiger partial charge in [-0.2, -0.15) is 0 Å². The third kappa shape index (κ3) is 2.20. The van der Waals surface area contributed by atoms with E-state index in [1.165, 1.54) is 0 Å². The van der Waals surface area contributed by atoms with Gasteiger partial charge >= 0.3 is 0 Å². The Morgan fingerprint density at radius 1 is 1.28 bits per heavy atom. The lowest BCUT2D eigenvalue weighted by atomic mass is 10.1. The maximum atomic E-state index is 12.3. The zero-order valence-electron chi connectivity index (χ0n) is 10.3. The Hall–Kier alpha value is -1.55. The summed E-state index contributed by atoms with van der Waals surface area (Å²) >= 11 is 0. The fourth-order valence-corrected chi connectivity index (χ4v) is 2.79. The van der Waals surface area contributed by atoms with Crippen LogP contribution in [0.5, 0.6) is 0 Å². The van der Waals surface area contributed by atoms with E-state index in [4.69, 9.17) is 10.5 Å². The van der Waals surface area contributed by atoms with E-state index in [-0.39, 0.29) is 18.1 Å². The van der Waals surface area contributed by atoms with Gasteiger partial charge in [0.25, 0.3) is 0 Å². The van der Waals surface area contributed by atoms with Crippen LogP contribution in [0.3, 0.4) is 0 Å². The number of hydrogen-bond acceptors (Lipinski definition) is 3. The highest BCUT2D eigenvalue weighted by molar-refractivity contribution is 5.80. The van der Waals surface area contributed by atoms with Crippen LogP contribution in [0.15, 0.2) is 24.3 Å². The van der Waals surface area contributed by atoms with Gasteiger partial charge in [-0.25, -0.2) is 0 Å². The molecule has 2 saturated heterocycles. The molecule has 2 atom stereocenters. The fourth-order valence-electron chi connectivity index (χ4n) is 2.79. The van der Waals surface area contributed by atoms with Crippen molar-refractivity contribution in [3.05, 3.63) is 29.8 Å². The molecule has 96 valence electrons. The average Bonchev–Trinajstić information content (AvgIpc) is 2.71. The molecule has 1 amide bonds. The first-order valence-corrected chi connectivity index (χ1v) is 6.49. The maximum absolute atomic E-state index is 12.3. The van der Waals surface area contributed by atoms with Crippen molar-refractivity contribution in [2.45, 2.75) is 31.5 Å². The molecule has 2 N–H and O–H groups in total. The number of nitrogens with zero attached hydrogens (tertiary/aromatic N) is 1. The number of nitrogens with two attached hydrogens (primary N) is 1. The largest absolute Gasteiger partial charge is 0.398 e. The topological polar surface area (TPSA) is 55.6 Å². The number of carbonyl (C=O) groups is 1. The van der Waals surface area contributed by atoms with Crippen molar-refractivity contribution >= 4 is 11.6 Å². The number of ether oxygens (including phenoxy) is 1. The second-order valence-electron chi connectivity index (χ2n) is 5.13. The van der Waals surface area contributed by atoms with Gasteiger partial charge in [0, 0.05) is 18.8 Å². The smallest absolute Gasteiger partial charge is 0.227 e. The Balaban J connectivity index is 1.67. The first kappa shape index (κ1) is 11.5. The highest BCUT2D eigenvalue weighted by Crippen LogP contribution is 2.26. The van der Waals surface area contributed by atoms with Gasteiger partial charge in [-0.05, 0) is 24.5 Å². The highest BCUT2D eigenvalue weighted by atomic mass is 16.5. The molecular formula is C14H18N2O2. The summed E-state index contributed by atoms with van der Waals surface area (Å²) in [5.41, 5.74) is 7.48. The van der Waals surface area contributed by atoms with Crippen LogP contribution >= 0.6 is 0 Å². The van der Waals surface area contributed by atoms with E-state index < -0.39 is 0 Å². The van der Waals surface area contributed by atoms with Gasteiger partial charge in [-0.15, -0.1) is 0 Å². The first-order valence-electron chi connectivity index (χ1n) is 6.49. The number of benzene rings is 1. The van der Waals surface area contributed by atoms with E-state index in [9.17, 15) is 4.79 Å². The van der Waals surface area contributed by atoms with Gasteiger partial charge < -0.3 is 15.4 Å². The number of rotatable bonds is 2. The molecule has 0 radical (unpaired) electrons. The standard InChI is InChI=1S/C14H18N2O2/c15-13-4-2-1-3-10(13)7-14(17)16-8-11-5-6-12(9-16)18-11/h1-4,11-12H,5-9,15H2. The Labute approximate surface area is 107 Å². The second-order valence-corrected chi connectivity index (χ2v) is 5.13. The molecule has 1 aromatic rings. The van der Waals surface area contributed by atoms with Gasteiger partial charge in [0.2, 0.25) is 5.91 Å². The van der Waals surface area contributed by atoms with E-state index in [0.29, 0.717) is 12.1 Å².